The Morgan fingerprint density at radius 2 is 1.90 bits per heavy atom. The molecule has 0 bridgehead atoms. The average molecular weight is 289 g/mol. The Hall–Kier alpha value is -1.02. The molecule has 2 atom stereocenters. The molecule has 1 aliphatic rings. The maximum Gasteiger partial charge on any atom is 0.119 e. The summed E-state index contributed by atoms with van der Waals surface area (Å²) in [5.74, 6) is 1.68. The summed E-state index contributed by atoms with van der Waals surface area (Å²) >= 11 is 0. The minimum Gasteiger partial charge on any atom is -0.494 e. The normalized spacial score (nSPS) is 22.8. The van der Waals surface area contributed by atoms with E-state index in [9.17, 15) is 0 Å². The molecular weight excluding hydrogens is 258 g/mol. The first-order chi connectivity index (χ1) is 10.1. The highest BCUT2D eigenvalue weighted by Crippen LogP contribution is 2.46. The van der Waals surface area contributed by atoms with Gasteiger partial charge in [-0.2, -0.15) is 0 Å². The van der Waals surface area contributed by atoms with Crippen LogP contribution in [0.1, 0.15) is 65.0 Å². The van der Waals surface area contributed by atoms with Gasteiger partial charge >= 0.3 is 0 Å². The highest BCUT2D eigenvalue weighted by atomic mass is 16.5. The van der Waals surface area contributed by atoms with E-state index in [2.05, 4.69) is 50.4 Å². The van der Waals surface area contributed by atoms with Crippen LogP contribution in [0.5, 0.6) is 5.75 Å². The number of hydrogen-bond donors (Lipinski definition) is 1. The Labute approximate surface area is 130 Å². The van der Waals surface area contributed by atoms with Crippen molar-refractivity contribution in [3.8, 4) is 5.75 Å². The van der Waals surface area contributed by atoms with E-state index in [0.717, 1.165) is 18.9 Å². The largest absolute Gasteiger partial charge is 0.494 e. The predicted molar refractivity (Wildman–Crippen MR) is 89.8 cm³/mol. The van der Waals surface area contributed by atoms with Crippen molar-refractivity contribution >= 4 is 0 Å². The number of nitrogens with one attached hydrogen (secondary N) is 1. The molecule has 1 aromatic rings. The molecule has 0 spiro atoms. The van der Waals surface area contributed by atoms with Gasteiger partial charge < -0.3 is 10.1 Å². The van der Waals surface area contributed by atoms with Gasteiger partial charge in [0.25, 0.3) is 0 Å². The SMILES string of the molecule is CCNC(c1ccc(OCC)cc1)C1CCCCC1(C)C. The summed E-state index contributed by atoms with van der Waals surface area (Å²) in [6, 6.07) is 9.16. The average Bonchev–Trinajstić information content (AvgIpc) is 2.46. The number of rotatable bonds is 6. The molecule has 0 aliphatic heterocycles. The maximum atomic E-state index is 5.57. The molecule has 0 radical (unpaired) electrons. The first-order valence-electron chi connectivity index (χ1n) is 8.54. The first-order valence-corrected chi connectivity index (χ1v) is 8.54. The molecule has 1 saturated carbocycles. The summed E-state index contributed by atoms with van der Waals surface area (Å²) in [7, 11) is 0. The molecule has 118 valence electrons. The molecule has 1 N–H and O–H groups in total. The summed E-state index contributed by atoms with van der Waals surface area (Å²) in [5, 5.41) is 3.73. The van der Waals surface area contributed by atoms with Gasteiger partial charge in [0.15, 0.2) is 0 Å². The molecule has 2 unspecified atom stereocenters. The minimum absolute atomic E-state index is 0.420. The zero-order chi connectivity index (χ0) is 15.3. The third-order valence-electron chi connectivity index (χ3n) is 4.97. The maximum absolute atomic E-state index is 5.57. The zero-order valence-corrected chi connectivity index (χ0v) is 14.1. The molecule has 0 saturated heterocycles. The molecule has 2 nitrogen and oxygen atoms in total. The van der Waals surface area contributed by atoms with E-state index in [1.54, 1.807) is 0 Å². The van der Waals surface area contributed by atoms with Crippen LogP contribution in [0.15, 0.2) is 24.3 Å². The van der Waals surface area contributed by atoms with Gasteiger partial charge in [-0.25, -0.2) is 0 Å². The fourth-order valence-electron chi connectivity index (χ4n) is 3.79. The highest BCUT2D eigenvalue weighted by molar-refractivity contribution is 5.30. The van der Waals surface area contributed by atoms with Crippen molar-refractivity contribution in [2.45, 2.75) is 59.4 Å². The summed E-state index contributed by atoms with van der Waals surface area (Å²) in [4.78, 5) is 0. The number of benzene rings is 1. The van der Waals surface area contributed by atoms with E-state index in [0.29, 0.717) is 17.4 Å². The van der Waals surface area contributed by atoms with Gasteiger partial charge in [-0.3, -0.25) is 0 Å². The van der Waals surface area contributed by atoms with Crippen molar-refractivity contribution in [1.82, 2.24) is 5.32 Å². The predicted octanol–water partition coefficient (Wildman–Crippen LogP) is 4.95. The smallest absolute Gasteiger partial charge is 0.119 e. The van der Waals surface area contributed by atoms with E-state index in [-0.39, 0.29) is 0 Å². The van der Waals surface area contributed by atoms with Crippen LogP contribution < -0.4 is 10.1 Å². The van der Waals surface area contributed by atoms with Crippen LogP contribution >= 0.6 is 0 Å². The second-order valence-corrected chi connectivity index (χ2v) is 6.88. The lowest BCUT2D eigenvalue weighted by Gasteiger charge is -2.43. The van der Waals surface area contributed by atoms with Gasteiger partial charge in [0.1, 0.15) is 5.75 Å². The molecule has 21 heavy (non-hydrogen) atoms. The first kappa shape index (κ1) is 16.4. The zero-order valence-electron chi connectivity index (χ0n) is 14.1. The van der Waals surface area contributed by atoms with Gasteiger partial charge in [-0.05, 0) is 55.3 Å². The monoisotopic (exact) mass is 289 g/mol. The fraction of sp³-hybridized carbons (Fsp3) is 0.684. The molecular formula is C19H31NO. The third kappa shape index (κ3) is 4.00. The standard InChI is InChI=1S/C19H31NO/c1-5-20-18(17-9-7-8-14-19(17,3)4)15-10-12-16(13-11-15)21-6-2/h10-13,17-18,20H,5-9,14H2,1-4H3. The molecule has 2 heteroatoms. The van der Waals surface area contributed by atoms with Gasteiger partial charge in [0.05, 0.1) is 6.61 Å². The van der Waals surface area contributed by atoms with Crippen LogP contribution in [-0.4, -0.2) is 13.2 Å². The quantitative estimate of drug-likeness (QED) is 0.800. The number of ether oxygens (including phenoxy) is 1. The van der Waals surface area contributed by atoms with E-state index in [1.165, 1.54) is 31.2 Å². The lowest BCUT2D eigenvalue weighted by atomic mass is 9.65. The molecule has 0 aromatic heterocycles. The van der Waals surface area contributed by atoms with E-state index < -0.39 is 0 Å². The van der Waals surface area contributed by atoms with Crippen molar-refractivity contribution in [3.63, 3.8) is 0 Å². The fourth-order valence-corrected chi connectivity index (χ4v) is 3.79. The van der Waals surface area contributed by atoms with Gasteiger partial charge in [-0.15, -0.1) is 0 Å². The highest BCUT2D eigenvalue weighted by Gasteiger charge is 2.37. The van der Waals surface area contributed by atoms with E-state index in [1.807, 2.05) is 6.92 Å². The van der Waals surface area contributed by atoms with Crippen LogP contribution in [0.3, 0.4) is 0 Å². The van der Waals surface area contributed by atoms with Crippen molar-refractivity contribution in [2.75, 3.05) is 13.2 Å². The van der Waals surface area contributed by atoms with Crippen molar-refractivity contribution in [2.24, 2.45) is 11.3 Å². The van der Waals surface area contributed by atoms with E-state index >= 15 is 0 Å². The van der Waals surface area contributed by atoms with Crippen LogP contribution in [0, 0.1) is 11.3 Å². The van der Waals surface area contributed by atoms with Crippen LogP contribution in [-0.2, 0) is 0 Å². The molecule has 0 amide bonds. The Kier molecular flexibility index (Phi) is 5.69. The second-order valence-electron chi connectivity index (χ2n) is 6.88. The summed E-state index contributed by atoms with van der Waals surface area (Å²) in [5.41, 5.74) is 1.82. The third-order valence-corrected chi connectivity index (χ3v) is 4.97. The topological polar surface area (TPSA) is 21.3 Å². The Morgan fingerprint density at radius 1 is 1.19 bits per heavy atom. The second kappa shape index (κ2) is 7.31. The van der Waals surface area contributed by atoms with Crippen LogP contribution in [0.2, 0.25) is 0 Å². The van der Waals surface area contributed by atoms with Crippen LogP contribution in [0.25, 0.3) is 0 Å². The Balaban J connectivity index is 2.21. The minimum atomic E-state index is 0.420. The molecule has 1 fully saturated rings. The molecule has 0 heterocycles. The van der Waals surface area contributed by atoms with Crippen molar-refractivity contribution < 1.29 is 4.74 Å². The lowest BCUT2D eigenvalue weighted by molar-refractivity contribution is 0.0988. The number of hydrogen-bond acceptors (Lipinski definition) is 2. The lowest BCUT2D eigenvalue weighted by Crippen LogP contribution is -2.39. The Bertz CT molecular complexity index is 424. The molecule has 2 rings (SSSR count). The Morgan fingerprint density at radius 3 is 2.48 bits per heavy atom. The van der Waals surface area contributed by atoms with Crippen molar-refractivity contribution in [3.05, 3.63) is 29.8 Å². The van der Waals surface area contributed by atoms with Crippen molar-refractivity contribution in [1.29, 1.82) is 0 Å². The van der Waals surface area contributed by atoms with Gasteiger partial charge in [0.2, 0.25) is 0 Å². The summed E-state index contributed by atoms with van der Waals surface area (Å²) in [6.45, 7) is 10.9. The molecule has 1 aliphatic carbocycles. The molecule has 1 aromatic carbocycles. The van der Waals surface area contributed by atoms with E-state index in [4.69, 9.17) is 4.74 Å². The van der Waals surface area contributed by atoms with Gasteiger partial charge in [-0.1, -0.05) is 45.7 Å². The van der Waals surface area contributed by atoms with Crippen LogP contribution in [0.4, 0.5) is 0 Å². The van der Waals surface area contributed by atoms with Gasteiger partial charge in [0, 0.05) is 6.04 Å². The summed E-state index contributed by atoms with van der Waals surface area (Å²) in [6.07, 6.45) is 5.42. The summed E-state index contributed by atoms with van der Waals surface area (Å²) < 4.78 is 5.57.